The predicted octanol–water partition coefficient (Wildman–Crippen LogP) is 2.28. The van der Waals surface area contributed by atoms with E-state index in [0.29, 0.717) is 11.3 Å². The zero-order valence-corrected chi connectivity index (χ0v) is 10.6. The molecular formula is C16H11BO3. The number of furan rings is 2. The first-order valence-electron chi connectivity index (χ1n) is 6.46. The van der Waals surface area contributed by atoms with Crippen molar-refractivity contribution >= 4 is 40.2 Å². The van der Waals surface area contributed by atoms with Crippen LogP contribution in [0.3, 0.4) is 0 Å². The van der Waals surface area contributed by atoms with Gasteiger partial charge in [-0.05, 0) is 24.3 Å². The fourth-order valence-corrected chi connectivity index (χ4v) is 2.41. The lowest BCUT2D eigenvalue weighted by molar-refractivity contribution is 0.550. The van der Waals surface area contributed by atoms with Crippen LogP contribution in [0.5, 0.6) is 0 Å². The molecule has 0 bridgehead atoms. The van der Waals surface area contributed by atoms with Crippen LogP contribution < -0.4 is 11.3 Å². The zero-order chi connectivity index (χ0) is 13.5. The van der Waals surface area contributed by atoms with Gasteiger partial charge in [-0.2, -0.15) is 0 Å². The van der Waals surface area contributed by atoms with Crippen LogP contribution in [0.15, 0.2) is 69.5 Å². The summed E-state index contributed by atoms with van der Waals surface area (Å²) in [6, 6.07) is 19.0. The van der Waals surface area contributed by atoms with Gasteiger partial charge in [-0.1, -0.05) is 36.4 Å². The topological polar surface area (TPSA) is 46.5 Å². The van der Waals surface area contributed by atoms with Crippen LogP contribution in [-0.2, 0) is 0 Å². The van der Waals surface area contributed by atoms with Gasteiger partial charge >= 0.3 is 6.92 Å². The maximum absolute atomic E-state index is 10.4. The molecule has 1 N–H and O–H groups in total. The molecule has 0 spiro atoms. The Morgan fingerprint density at radius 1 is 0.700 bits per heavy atom. The lowest BCUT2D eigenvalue weighted by Gasteiger charge is -1.97. The highest BCUT2D eigenvalue weighted by atomic mass is 16.4. The SMILES string of the molecule is OB(c1cc2ccccc2o1)c1cc2ccccc2o1. The summed E-state index contributed by atoms with van der Waals surface area (Å²) in [7, 11) is 0. The number of rotatable bonds is 2. The minimum absolute atomic E-state index is 0.491. The molecule has 4 aromatic rings. The molecule has 0 aliphatic heterocycles. The fourth-order valence-electron chi connectivity index (χ4n) is 2.41. The molecule has 20 heavy (non-hydrogen) atoms. The summed E-state index contributed by atoms with van der Waals surface area (Å²) < 4.78 is 11.3. The first-order chi connectivity index (χ1) is 9.81. The monoisotopic (exact) mass is 262 g/mol. The molecule has 2 heterocycles. The van der Waals surface area contributed by atoms with Crippen LogP contribution in [0.1, 0.15) is 0 Å². The normalized spacial score (nSPS) is 11.2. The summed E-state index contributed by atoms with van der Waals surface area (Å²) >= 11 is 0. The minimum atomic E-state index is -0.894. The number of para-hydroxylation sites is 2. The smallest absolute Gasteiger partial charge is 0.438 e. The molecular weight excluding hydrogens is 251 g/mol. The molecule has 0 saturated carbocycles. The van der Waals surface area contributed by atoms with Crippen LogP contribution >= 0.6 is 0 Å². The zero-order valence-electron chi connectivity index (χ0n) is 10.6. The van der Waals surface area contributed by atoms with Crippen molar-refractivity contribution in [1.29, 1.82) is 0 Å². The lowest BCUT2D eigenvalue weighted by atomic mass is 9.63. The lowest BCUT2D eigenvalue weighted by Crippen LogP contribution is -2.40. The molecule has 0 fully saturated rings. The molecule has 0 aliphatic carbocycles. The molecule has 0 radical (unpaired) electrons. The molecule has 0 amide bonds. The number of fused-ring (bicyclic) bond motifs is 2. The van der Waals surface area contributed by atoms with Crippen molar-refractivity contribution in [2.24, 2.45) is 0 Å². The van der Waals surface area contributed by atoms with E-state index in [0.717, 1.165) is 21.9 Å². The Morgan fingerprint density at radius 2 is 1.15 bits per heavy atom. The Morgan fingerprint density at radius 3 is 1.60 bits per heavy atom. The predicted molar refractivity (Wildman–Crippen MR) is 79.7 cm³/mol. The summed E-state index contributed by atoms with van der Waals surface area (Å²) in [6.45, 7) is -0.894. The summed E-state index contributed by atoms with van der Waals surface area (Å²) in [5, 5.41) is 12.3. The molecule has 96 valence electrons. The van der Waals surface area contributed by atoms with Crippen molar-refractivity contribution in [2.75, 3.05) is 0 Å². The maximum atomic E-state index is 10.4. The van der Waals surface area contributed by atoms with E-state index >= 15 is 0 Å². The number of hydrogen-bond acceptors (Lipinski definition) is 3. The summed E-state index contributed by atoms with van der Waals surface area (Å²) in [5.41, 5.74) is 2.51. The molecule has 0 unspecified atom stereocenters. The van der Waals surface area contributed by atoms with Gasteiger partial charge in [0.05, 0.1) is 0 Å². The standard InChI is InChI=1S/C16H11BO3/c18-17(15-9-11-5-1-3-7-13(11)19-15)16-10-12-6-2-4-8-14(12)20-16/h1-10,18H. The van der Waals surface area contributed by atoms with Crippen LogP contribution in [-0.4, -0.2) is 11.9 Å². The number of hydrogen-bond donors (Lipinski definition) is 1. The van der Waals surface area contributed by atoms with Gasteiger partial charge in [-0.25, -0.2) is 0 Å². The molecule has 4 rings (SSSR count). The van der Waals surface area contributed by atoms with Crippen molar-refractivity contribution in [1.82, 2.24) is 0 Å². The Balaban J connectivity index is 1.80. The molecule has 0 aliphatic rings. The quantitative estimate of drug-likeness (QED) is 0.564. The van der Waals surface area contributed by atoms with E-state index in [1.165, 1.54) is 0 Å². The molecule has 3 nitrogen and oxygen atoms in total. The van der Waals surface area contributed by atoms with Gasteiger partial charge in [0.2, 0.25) is 0 Å². The second-order valence-electron chi connectivity index (χ2n) is 4.78. The van der Waals surface area contributed by atoms with E-state index in [1.807, 2.05) is 60.7 Å². The van der Waals surface area contributed by atoms with Crippen molar-refractivity contribution < 1.29 is 13.9 Å². The van der Waals surface area contributed by atoms with Gasteiger partial charge in [0.25, 0.3) is 0 Å². The van der Waals surface area contributed by atoms with Gasteiger partial charge in [0.15, 0.2) is 0 Å². The highest BCUT2D eigenvalue weighted by Crippen LogP contribution is 2.15. The third kappa shape index (κ3) is 1.73. The molecule has 0 atom stereocenters. The summed E-state index contributed by atoms with van der Waals surface area (Å²) in [5.74, 6) is 0. The van der Waals surface area contributed by atoms with Gasteiger partial charge in [0, 0.05) is 10.8 Å². The Bertz CT molecular complexity index is 751. The first kappa shape index (κ1) is 11.4. The van der Waals surface area contributed by atoms with Crippen molar-refractivity contribution in [3.05, 3.63) is 60.7 Å². The molecule has 2 aromatic carbocycles. The Hall–Kier alpha value is -2.46. The van der Waals surface area contributed by atoms with E-state index in [9.17, 15) is 5.02 Å². The van der Waals surface area contributed by atoms with Crippen LogP contribution in [0, 0.1) is 0 Å². The number of benzene rings is 2. The third-order valence-electron chi connectivity index (χ3n) is 3.43. The minimum Gasteiger partial charge on any atom is -0.467 e. The second-order valence-corrected chi connectivity index (χ2v) is 4.78. The third-order valence-corrected chi connectivity index (χ3v) is 3.43. The van der Waals surface area contributed by atoms with E-state index in [-0.39, 0.29) is 0 Å². The van der Waals surface area contributed by atoms with Crippen LogP contribution in [0.2, 0.25) is 0 Å². The summed E-state index contributed by atoms with van der Waals surface area (Å²) in [4.78, 5) is 0. The molecule has 4 heteroatoms. The van der Waals surface area contributed by atoms with Crippen LogP contribution in [0.25, 0.3) is 21.9 Å². The van der Waals surface area contributed by atoms with Gasteiger partial charge in [-0.15, -0.1) is 0 Å². The van der Waals surface area contributed by atoms with E-state index < -0.39 is 6.92 Å². The summed E-state index contributed by atoms with van der Waals surface area (Å²) in [6.07, 6.45) is 0. The van der Waals surface area contributed by atoms with Crippen molar-refractivity contribution in [3.63, 3.8) is 0 Å². The van der Waals surface area contributed by atoms with Gasteiger partial charge in [-0.3, -0.25) is 0 Å². The maximum Gasteiger partial charge on any atom is 0.438 e. The van der Waals surface area contributed by atoms with E-state index in [2.05, 4.69) is 0 Å². The van der Waals surface area contributed by atoms with Gasteiger partial charge in [0.1, 0.15) is 22.5 Å². The van der Waals surface area contributed by atoms with E-state index in [1.54, 1.807) is 0 Å². The highest BCUT2D eigenvalue weighted by molar-refractivity contribution is 6.77. The van der Waals surface area contributed by atoms with Crippen molar-refractivity contribution in [2.45, 2.75) is 0 Å². The average Bonchev–Trinajstić information content (AvgIpc) is 3.10. The Kier molecular flexibility index (Phi) is 2.44. The Labute approximate surface area is 115 Å². The molecule has 2 aromatic heterocycles. The highest BCUT2D eigenvalue weighted by Gasteiger charge is 2.25. The molecule has 0 saturated heterocycles. The average molecular weight is 262 g/mol. The first-order valence-corrected chi connectivity index (χ1v) is 6.46. The van der Waals surface area contributed by atoms with Gasteiger partial charge < -0.3 is 13.9 Å². The van der Waals surface area contributed by atoms with E-state index in [4.69, 9.17) is 8.83 Å². The van der Waals surface area contributed by atoms with Crippen molar-refractivity contribution in [3.8, 4) is 0 Å². The van der Waals surface area contributed by atoms with Crippen LogP contribution in [0.4, 0.5) is 0 Å². The second kappa shape index (κ2) is 4.29. The largest absolute Gasteiger partial charge is 0.467 e. The fraction of sp³-hybridized carbons (Fsp3) is 0.